The predicted molar refractivity (Wildman–Crippen MR) is 74.6 cm³/mol. The molecular weight excluding hydrogens is 262 g/mol. The maximum Gasteiger partial charge on any atom is 0.344 e. The van der Waals surface area contributed by atoms with Crippen LogP contribution in [0.4, 0.5) is 0 Å². The summed E-state index contributed by atoms with van der Waals surface area (Å²) in [5, 5.41) is 9.08. The van der Waals surface area contributed by atoms with Crippen LogP contribution in [0.2, 0.25) is 0 Å². The Balaban J connectivity index is 3.18. The molecule has 0 bridgehead atoms. The van der Waals surface area contributed by atoms with E-state index in [1.807, 2.05) is 0 Å². The second kappa shape index (κ2) is 7.59. The molecule has 0 radical (unpaired) electrons. The van der Waals surface area contributed by atoms with E-state index in [4.69, 9.17) is 25.1 Å². The number of carbonyl (C=O) groups is 1. The maximum absolute atomic E-state index is 11.1. The Bertz CT molecular complexity index is 436. The third kappa shape index (κ3) is 3.77. The standard InChI is InChI=1S/C14H21NO5/c1-4-10(14(16)17)20-13-11(18-2)7-9(5-6-15)8-12(13)19-3/h7-8,10H,4-6,15H2,1-3H3,(H,16,17). The van der Waals surface area contributed by atoms with Crippen LogP contribution in [0.5, 0.6) is 17.2 Å². The second-order valence-electron chi connectivity index (χ2n) is 4.22. The molecule has 0 aromatic heterocycles. The quantitative estimate of drug-likeness (QED) is 0.750. The molecule has 0 spiro atoms. The number of methoxy groups -OCH3 is 2. The van der Waals surface area contributed by atoms with E-state index in [2.05, 4.69) is 0 Å². The summed E-state index contributed by atoms with van der Waals surface area (Å²) in [6.07, 6.45) is 0.0631. The van der Waals surface area contributed by atoms with E-state index in [0.29, 0.717) is 36.6 Å². The van der Waals surface area contributed by atoms with Crippen molar-refractivity contribution in [2.45, 2.75) is 25.9 Å². The zero-order valence-electron chi connectivity index (χ0n) is 12.0. The Hall–Kier alpha value is -1.95. The molecule has 1 aromatic rings. The fourth-order valence-electron chi connectivity index (χ4n) is 1.81. The Morgan fingerprint density at radius 1 is 1.30 bits per heavy atom. The first-order chi connectivity index (χ1) is 9.57. The molecule has 1 aromatic carbocycles. The highest BCUT2D eigenvalue weighted by atomic mass is 16.6. The van der Waals surface area contributed by atoms with Crippen LogP contribution in [-0.4, -0.2) is 37.9 Å². The fourth-order valence-corrected chi connectivity index (χ4v) is 1.81. The van der Waals surface area contributed by atoms with Crippen molar-refractivity contribution < 1.29 is 24.1 Å². The Kier molecular flexibility index (Phi) is 6.11. The van der Waals surface area contributed by atoms with Crippen molar-refractivity contribution in [3.63, 3.8) is 0 Å². The molecule has 20 heavy (non-hydrogen) atoms. The van der Waals surface area contributed by atoms with Gasteiger partial charge in [0.05, 0.1) is 14.2 Å². The summed E-state index contributed by atoms with van der Waals surface area (Å²) in [5.41, 5.74) is 6.47. The molecule has 0 saturated carbocycles. The minimum Gasteiger partial charge on any atom is -0.493 e. The zero-order valence-corrected chi connectivity index (χ0v) is 12.0. The van der Waals surface area contributed by atoms with Crippen LogP contribution < -0.4 is 19.9 Å². The highest BCUT2D eigenvalue weighted by Gasteiger charge is 2.22. The van der Waals surface area contributed by atoms with Crippen molar-refractivity contribution in [1.29, 1.82) is 0 Å². The number of rotatable bonds is 8. The van der Waals surface area contributed by atoms with E-state index < -0.39 is 12.1 Å². The average molecular weight is 283 g/mol. The molecule has 0 aliphatic rings. The van der Waals surface area contributed by atoms with Gasteiger partial charge in [0.1, 0.15) is 0 Å². The topological polar surface area (TPSA) is 91.0 Å². The lowest BCUT2D eigenvalue weighted by molar-refractivity contribution is -0.145. The molecule has 6 heteroatoms. The van der Waals surface area contributed by atoms with Gasteiger partial charge in [0.15, 0.2) is 17.6 Å². The third-order valence-electron chi connectivity index (χ3n) is 2.86. The van der Waals surface area contributed by atoms with Crippen molar-refractivity contribution in [1.82, 2.24) is 0 Å². The van der Waals surface area contributed by atoms with Gasteiger partial charge in [-0.05, 0) is 37.1 Å². The largest absolute Gasteiger partial charge is 0.493 e. The van der Waals surface area contributed by atoms with Crippen molar-refractivity contribution in [3.05, 3.63) is 17.7 Å². The zero-order chi connectivity index (χ0) is 15.1. The summed E-state index contributed by atoms with van der Waals surface area (Å²) in [6.45, 7) is 2.24. The normalized spacial score (nSPS) is 11.8. The smallest absolute Gasteiger partial charge is 0.344 e. The molecule has 3 N–H and O–H groups in total. The Labute approximate surface area is 118 Å². The first-order valence-electron chi connectivity index (χ1n) is 6.41. The van der Waals surface area contributed by atoms with Crippen LogP contribution in [0.25, 0.3) is 0 Å². The van der Waals surface area contributed by atoms with Crippen LogP contribution in [0.1, 0.15) is 18.9 Å². The van der Waals surface area contributed by atoms with Crippen molar-refractivity contribution in [3.8, 4) is 17.2 Å². The number of carboxylic acid groups (broad SMARTS) is 1. The molecule has 1 unspecified atom stereocenters. The summed E-state index contributed by atoms with van der Waals surface area (Å²) in [4.78, 5) is 11.1. The van der Waals surface area contributed by atoms with Gasteiger partial charge in [-0.2, -0.15) is 0 Å². The first-order valence-corrected chi connectivity index (χ1v) is 6.41. The van der Waals surface area contributed by atoms with Crippen molar-refractivity contribution in [2.75, 3.05) is 20.8 Å². The van der Waals surface area contributed by atoms with Gasteiger partial charge in [-0.1, -0.05) is 6.92 Å². The van der Waals surface area contributed by atoms with Gasteiger partial charge in [0.2, 0.25) is 5.75 Å². The lowest BCUT2D eigenvalue weighted by Gasteiger charge is -2.19. The van der Waals surface area contributed by atoms with Gasteiger partial charge >= 0.3 is 5.97 Å². The molecule has 0 fully saturated rings. The second-order valence-corrected chi connectivity index (χ2v) is 4.22. The third-order valence-corrected chi connectivity index (χ3v) is 2.86. The SMILES string of the molecule is CCC(Oc1c(OC)cc(CCN)cc1OC)C(=O)O. The molecule has 6 nitrogen and oxygen atoms in total. The monoisotopic (exact) mass is 283 g/mol. The molecule has 0 aliphatic heterocycles. The van der Waals surface area contributed by atoms with E-state index in [1.54, 1.807) is 19.1 Å². The number of benzene rings is 1. The highest BCUT2D eigenvalue weighted by molar-refractivity contribution is 5.73. The number of nitrogens with two attached hydrogens (primary N) is 1. The summed E-state index contributed by atoms with van der Waals surface area (Å²) < 4.78 is 16.0. The average Bonchev–Trinajstić information content (AvgIpc) is 2.44. The van der Waals surface area contributed by atoms with Gasteiger partial charge in [-0.15, -0.1) is 0 Å². The number of aliphatic carboxylic acids is 1. The minimum absolute atomic E-state index is 0.296. The van der Waals surface area contributed by atoms with E-state index in [9.17, 15) is 4.79 Å². The molecular formula is C14H21NO5. The molecule has 0 aliphatic carbocycles. The highest BCUT2D eigenvalue weighted by Crippen LogP contribution is 2.39. The summed E-state index contributed by atoms with van der Waals surface area (Å²) in [5.74, 6) is 0.146. The van der Waals surface area contributed by atoms with Gasteiger partial charge in [0, 0.05) is 0 Å². The van der Waals surface area contributed by atoms with Crippen LogP contribution in [-0.2, 0) is 11.2 Å². The van der Waals surface area contributed by atoms with E-state index in [0.717, 1.165) is 5.56 Å². The van der Waals surface area contributed by atoms with Gasteiger partial charge in [-0.25, -0.2) is 4.79 Å². The molecule has 112 valence electrons. The Morgan fingerprint density at radius 3 is 2.20 bits per heavy atom. The maximum atomic E-state index is 11.1. The summed E-state index contributed by atoms with van der Waals surface area (Å²) >= 11 is 0. The van der Waals surface area contributed by atoms with E-state index in [-0.39, 0.29) is 0 Å². The van der Waals surface area contributed by atoms with Crippen molar-refractivity contribution in [2.24, 2.45) is 5.73 Å². The predicted octanol–water partition coefficient (Wildman–Crippen LogP) is 1.45. The van der Waals surface area contributed by atoms with Gasteiger partial charge in [0.25, 0.3) is 0 Å². The van der Waals surface area contributed by atoms with Gasteiger partial charge in [-0.3, -0.25) is 0 Å². The molecule has 0 saturated heterocycles. The van der Waals surface area contributed by atoms with Crippen LogP contribution in [0.15, 0.2) is 12.1 Å². The minimum atomic E-state index is -1.03. The fraction of sp³-hybridized carbons (Fsp3) is 0.500. The number of carboxylic acids is 1. The van der Waals surface area contributed by atoms with Crippen LogP contribution >= 0.6 is 0 Å². The molecule has 0 amide bonds. The Morgan fingerprint density at radius 2 is 1.85 bits per heavy atom. The van der Waals surface area contributed by atoms with Gasteiger partial charge < -0.3 is 25.1 Å². The number of ether oxygens (including phenoxy) is 3. The lowest BCUT2D eigenvalue weighted by Crippen LogP contribution is -2.26. The van der Waals surface area contributed by atoms with Crippen molar-refractivity contribution >= 4 is 5.97 Å². The first kappa shape index (κ1) is 16.1. The summed E-state index contributed by atoms with van der Waals surface area (Å²) in [7, 11) is 2.99. The molecule has 0 heterocycles. The molecule has 1 atom stereocenters. The van der Waals surface area contributed by atoms with Crippen LogP contribution in [0.3, 0.4) is 0 Å². The van der Waals surface area contributed by atoms with E-state index >= 15 is 0 Å². The number of hydrogen-bond donors (Lipinski definition) is 2. The number of hydrogen-bond acceptors (Lipinski definition) is 5. The summed E-state index contributed by atoms with van der Waals surface area (Å²) in [6, 6.07) is 3.55. The molecule has 1 rings (SSSR count). The van der Waals surface area contributed by atoms with Crippen LogP contribution in [0, 0.1) is 0 Å². The van der Waals surface area contributed by atoms with E-state index in [1.165, 1.54) is 14.2 Å². The lowest BCUT2D eigenvalue weighted by atomic mass is 10.1.